The van der Waals surface area contributed by atoms with E-state index in [1.165, 1.54) is 10.5 Å². The maximum absolute atomic E-state index is 6.17. The molecule has 1 aliphatic rings. The van der Waals surface area contributed by atoms with Crippen LogP contribution in [0.2, 0.25) is 0 Å². The highest BCUT2D eigenvalue weighted by Gasteiger charge is 2.20. The molecule has 3 aromatic rings. The normalized spacial score (nSPS) is 15.0. The third-order valence-corrected chi connectivity index (χ3v) is 6.46. The number of thioether (sulfide) groups is 1. The fraction of sp³-hybridized carbons (Fsp3) is 0.174. The molecular formula is C23H22N2OS2. The average Bonchev–Trinajstić information content (AvgIpc) is 3.16. The van der Waals surface area contributed by atoms with Gasteiger partial charge in [-0.3, -0.25) is 0 Å². The van der Waals surface area contributed by atoms with Crippen LogP contribution in [0.15, 0.2) is 89.0 Å². The van der Waals surface area contributed by atoms with Gasteiger partial charge < -0.3 is 9.64 Å². The molecule has 1 aromatic heterocycles. The summed E-state index contributed by atoms with van der Waals surface area (Å²) in [5.41, 5.74) is 2.36. The highest BCUT2D eigenvalue weighted by Crippen LogP contribution is 2.38. The van der Waals surface area contributed by atoms with E-state index >= 15 is 0 Å². The summed E-state index contributed by atoms with van der Waals surface area (Å²) in [5.74, 6) is 1.77. The smallest absolute Gasteiger partial charge is 0.190 e. The molecule has 0 fully saturated rings. The lowest BCUT2D eigenvalue weighted by Gasteiger charge is -2.26. The fourth-order valence-electron chi connectivity index (χ4n) is 2.97. The van der Waals surface area contributed by atoms with Gasteiger partial charge in [0.15, 0.2) is 5.13 Å². The zero-order valence-electron chi connectivity index (χ0n) is 15.9. The Morgan fingerprint density at radius 3 is 2.46 bits per heavy atom. The van der Waals surface area contributed by atoms with E-state index in [1.807, 2.05) is 49.0 Å². The molecule has 142 valence electrons. The van der Waals surface area contributed by atoms with Gasteiger partial charge >= 0.3 is 0 Å². The van der Waals surface area contributed by atoms with Crippen molar-refractivity contribution < 1.29 is 4.74 Å². The lowest BCUT2D eigenvalue weighted by molar-refractivity contribution is 0.414. The summed E-state index contributed by atoms with van der Waals surface area (Å²) in [5, 5.41) is 3.42. The summed E-state index contributed by atoms with van der Waals surface area (Å²) in [6, 6.07) is 20.5. The number of aromatic nitrogens is 1. The van der Waals surface area contributed by atoms with Gasteiger partial charge in [0.2, 0.25) is 0 Å². The molecule has 0 aliphatic carbocycles. The molecule has 0 saturated carbocycles. The minimum absolute atomic E-state index is 0.347. The van der Waals surface area contributed by atoms with Gasteiger partial charge in [-0.25, -0.2) is 4.98 Å². The van der Waals surface area contributed by atoms with E-state index in [0.717, 1.165) is 22.3 Å². The molecule has 0 radical (unpaired) electrons. The number of anilines is 1. The van der Waals surface area contributed by atoms with Gasteiger partial charge in [-0.2, -0.15) is 0 Å². The van der Waals surface area contributed by atoms with Gasteiger partial charge in [-0.05, 0) is 37.6 Å². The van der Waals surface area contributed by atoms with Gasteiger partial charge in [-0.15, -0.1) is 23.1 Å². The number of nitrogens with zero attached hydrogens (tertiary/aromatic N) is 2. The lowest BCUT2D eigenvalue weighted by Crippen LogP contribution is -2.25. The van der Waals surface area contributed by atoms with E-state index in [-0.39, 0.29) is 0 Å². The number of rotatable bonds is 6. The van der Waals surface area contributed by atoms with Crippen molar-refractivity contribution in [3.63, 3.8) is 0 Å². The van der Waals surface area contributed by atoms with Gasteiger partial charge in [0.25, 0.3) is 0 Å². The van der Waals surface area contributed by atoms with Crippen LogP contribution in [0, 0.1) is 6.92 Å². The molecule has 4 rings (SSSR count). The molecule has 1 unspecified atom stereocenters. The largest absolute Gasteiger partial charge is 0.460 e. The SMILES string of the molecule is Cc1csc(N2C=C(SC(C)c3ccccc3)C=C(Oc3ccccc3)C2)n1. The van der Waals surface area contributed by atoms with E-state index in [9.17, 15) is 0 Å². The predicted octanol–water partition coefficient (Wildman–Crippen LogP) is 6.57. The molecule has 5 heteroatoms. The third kappa shape index (κ3) is 4.66. The number of ether oxygens (including phenoxy) is 1. The Morgan fingerprint density at radius 2 is 1.79 bits per heavy atom. The van der Waals surface area contributed by atoms with Crippen molar-refractivity contribution in [1.82, 2.24) is 4.98 Å². The van der Waals surface area contributed by atoms with E-state index in [0.29, 0.717) is 11.8 Å². The fourth-order valence-corrected chi connectivity index (χ4v) is 4.83. The van der Waals surface area contributed by atoms with Gasteiger partial charge in [0, 0.05) is 21.7 Å². The number of aryl methyl sites for hydroxylation is 1. The Balaban J connectivity index is 1.59. The van der Waals surface area contributed by atoms with Crippen molar-refractivity contribution in [2.24, 2.45) is 0 Å². The van der Waals surface area contributed by atoms with Crippen molar-refractivity contribution in [3.05, 3.63) is 100 Å². The van der Waals surface area contributed by atoms with Crippen molar-refractivity contribution in [1.29, 1.82) is 0 Å². The Labute approximate surface area is 174 Å². The molecule has 28 heavy (non-hydrogen) atoms. The number of benzene rings is 2. The molecule has 0 N–H and O–H groups in total. The number of hydrogen-bond donors (Lipinski definition) is 0. The van der Waals surface area contributed by atoms with Crippen LogP contribution in [-0.4, -0.2) is 11.5 Å². The second kappa shape index (κ2) is 8.67. The molecular weight excluding hydrogens is 384 g/mol. The average molecular weight is 407 g/mol. The highest BCUT2D eigenvalue weighted by atomic mass is 32.2. The van der Waals surface area contributed by atoms with Crippen LogP contribution in [0.5, 0.6) is 5.75 Å². The standard InChI is InChI=1S/C23H22N2OS2/c1-17-16-27-23(24-17)25-14-21(26-20-11-7-4-8-12-20)13-22(15-25)28-18(2)19-9-5-3-6-10-19/h3-13,15-16,18H,14H2,1-2H3. The van der Waals surface area contributed by atoms with Crippen LogP contribution in [0.3, 0.4) is 0 Å². The monoisotopic (exact) mass is 406 g/mol. The number of thiazole rings is 1. The Kier molecular flexibility index (Phi) is 5.84. The minimum Gasteiger partial charge on any atom is -0.460 e. The third-order valence-electron chi connectivity index (χ3n) is 4.34. The zero-order valence-corrected chi connectivity index (χ0v) is 17.5. The van der Waals surface area contributed by atoms with Gasteiger partial charge in [0.1, 0.15) is 11.5 Å². The molecule has 0 bridgehead atoms. The van der Waals surface area contributed by atoms with E-state index < -0.39 is 0 Å². The van der Waals surface area contributed by atoms with Gasteiger partial charge in [0.05, 0.1) is 12.2 Å². The van der Waals surface area contributed by atoms with E-state index in [1.54, 1.807) is 11.3 Å². The molecule has 0 amide bonds. The first-order chi connectivity index (χ1) is 13.7. The summed E-state index contributed by atoms with van der Waals surface area (Å²) >= 11 is 3.49. The van der Waals surface area contributed by atoms with Crippen LogP contribution in [0.25, 0.3) is 0 Å². The van der Waals surface area contributed by atoms with Crippen molar-refractivity contribution in [2.75, 3.05) is 11.4 Å². The molecule has 0 saturated heterocycles. The number of para-hydroxylation sites is 1. The summed E-state index contributed by atoms with van der Waals surface area (Å²) in [7, 11) is 0. The second-order valence-electron chi connectivity index (χ2n) is 6.63. The molecule has 1 aliphatic heterocycles. The Morgan fingerprint density at radius 1 is 1.07 bits per heavy atom. The Bertz CT molecular complexity index is 980. The highest BCUT2D eigenvalue weighted by molar-refractivity contribution is 8.03. The van der Waals surface area contributed by atoms with Crippen LogP contribution in [0.4, 0.5) is 5.13 Å². The maximum atomic E-state index is 6.17. The summed E-state index contributed by atoms with van der Waals surface area (Å²) in [6.07, 6.45) is 4.33. The van der Waals surface area contributed by atoms with Crippen LogP contribution < -0.4 is 9.64 Å². The summed E-state index contributed by atoms with van der Waals surface area (Å²) in [6.45, 7) is 4.93. The topological polar surface area (TPSA) is 25.4 Å². The van der Waals surface area contributed by atoms with Crippen molar-refractivity contribution in [3.8, 4) is 5.75 Å². The second-order valence-corrected chi connectivity index (χ2v) is 8.88. The van der Waals surface area contributed by atoms with Crippen LogP contribution in [0.1, 0.15) is 23.4 Å². The predicted molar refractivity (Wildman–Crippen MR) is 120 cm³/mol. The van der Waals surface area contributed by atoms with Crippen molar-refractivity contribution in [2.45, 2.75) is 19.1 Å². The maximum Gasteiger partial charge on any atom is 0.190 e. The first-order valence-electron chi connectivity index (χ1n) is 9.23. The van der Waals surface area contributed by atoms with Crippen LogP contribution in [-0.2, 0) is 0 Å². The minimum atomic E-state index is 0.347. The lowest BCUT2D eigenvalue weighted by atomic mass is 10.2. The first kappa shape index (κ1) is 18.8. The molecule has 1 atom stereocenters. The molecule has 2 aromatic carbocycles. The quantitative estimate of drug-likeness (QED) is 0.462. The Hall–Kier alpha value is -2.50. The first-order valence-corrected chi connectivity index (χ1v) is 11.0. The molecule has 2 heterocycles. The van der Waals surface area contributed by atoms with E-state index in [4.69, 9.17) is 4.74 Å². The van der Waals surface area contributed by atoms with Gasteiger partial charge in [-0.1, -0.05) is 48.5 Å². The van der Waals surface area contributed by atoms with Crippen LogP contribution >= 0.6 is 23.1 Å². The molecule has 3 nitrogen and oxygen atoms in total. The summed E-state index contributed by atoms with van der Waals surface area (Å²) < 4.78 is 6.17. The number of allylic oxidation sites excluding steroid dienone is 1. The number of hydrogen-bond acceptors (Lipinski definition) is 5. The van der Waals surface area contributed by atoms with Crippen molar-refractivity contribution >= 4 is 28.2 Å². The van der Waals surface area contributed by atoms with E-state index in [2.05, 4.69) is 64.8 Å². The zero-order chi connectivity index (χ0) is 19.3. The molecule has 0 spiro atoms. The summed E-state index contributed by atoms with van der Waals surface area (Å²) in [4.78, 5) is 8.00.